The summed E-state index contributed by atoms with van der Waals surface area (Å²) >= 11 is 0. The zero-order valence-electron chi connectivity index (χ0n) is 22.1. The van der Waals surface area contributed by atoms with Crippen LogP contribution >= 0.6 is 0 Å². The predicted octanol–water partition coefficient (Wildman–Crippen LogP) is 0.719. The van der Waals surface area contributed by atoms with Gasteiger partial charge in [-0.3, -0.25) is 19.3 Å². The fourth-order valence-electron chi connectivity index (χ4n) is 3.78. The van der Waals surface area contributed by atoms with Gasteiger partial charge < -0.3 is 24.8 Å². The first-order chi connectivity index (χ1) is 17.9. The van der Waals surface area contributed by atoms with E-state index in [0.717, 1.165) is 0 Å². The molecule has 3 amide bonds. The molecule has 0 bridgehead atoms. The Labute approximate surface area is 219 Å². The summed E-state index contributed by atoms with van der Waals surface area (Å²) in [5.74, 6) is -0.688. The molecule has 0 saturated carbocycles. The van der Waals surface area contributed by atoms with Gasteiger partial charge in [-0.05, 0) is 33.3 Å². The van der Waals surface area contributed by atoms with E-state index in [9.17, 15) is 23.6 Å². The van der Waals surface area contributed by atoms with Crippen molar-refractivity contribution in [2.45, 2.75) is 52.1 Å². The van der Waals surface area contributed by atoms with Gasteiger partial charge in [0.15, 0.2) is 5.69 Å². The van der Waals surface area contributed by atoms with Crippen LogP contribution in [0.15, 0.2) is 29.3 Å². The normalized spacial score (nSPS) is 15.1. The highest BCUT2D eigenvalue weighted by Crippen LogP contribution is 2.12. The third-order valence-corrected chi connectivity index (χ3v) is 5.74. The number of anilines is 1. The van der Waals surface area contributed by atoms with Crippen LogP contribution in [0.5, 0.6) is 0 Å². The fraction of sp³-hybridized carbons (Fsp3) is 0.583. The molecule has 14 heteroatoms. The first-order valence-corrected chi connectivity index (χ1v) is 12.4. The van der Waals surface area contributed by atoms with E-state index in [-0.39, 0.29) is 49.3 Å². The number of amides is 3. The maximum absolute atomic E-state index is 14.4. The zero-order valence-corrected chi connectivity index (χ0v) is 22.1. The Morgan fingerprint density at radius 3 is 2.53 bits per heavy atom. The molecule has 1 atom stereocenters. The van der Waals surface area contributed by atoms with Gasteiger partial charge in [0, 0.05) is 57.7 Å². The molecule has 13 nitrogen and oxygen atoms in total. The molecule has 2 aromatic heterocycles. The van der Waals surface area contributed by atoms with Crippen molar-refractivity contribution in [2.75, 3.05) is 45.1 Å². The minimum atomic E-state index is -1.31. The summed E-state index contributed by atoms with van der Waals surface area (Å²) in [6, 6.07) is 2.87. The van der Waals surface area contributed by atoms with Gasteiger partial charge in [0.2, 0.25) is 5.91 Å². The Hall–Kier alpha value is -3.81. The quantitative estimate of drug-likeness (QED) is 0.479. The van der Waals surface area contributed by atoms with Crippen molar-refractivity contribution in [3.05, 3.63) is 40.6 Å². The fourth-order valence-corrected chi connectivity index (χ4v) is 3.78. The lowest BCUT2D eigenvalue weighted by Gasteiger charge is -2.35. The number of halogens is 1. The standard InChI is InChI=1S/C24H35FN8O5/c1-24(2,3)38-23(37)32-11-9-30(10-12-32)16-20(34)27-18-6-8-31(21(35)13-18)7-5-17(25)14-33-15-19(28-29-33)22(36)26-4/h6,8,13,15,17H,5,7,9-12,14,16H2,1-4H3,(H,26,36)(H,27,34). The molecule has 1 fully saturated rings. The smallest absolute Gasteiger partial charge is 0.410 e. The second-order valence-electron chi connectivity index (χ2n) is 10.0. The molecule has 1 aliphatic heterocycles. The van der Waals surface area contributed by atoms with E-state index in [2.05, 4.69) is 20.9 Å². The first kappa shape index (κ1) is 28.8. The number of carbonyl (C=O) groups is 3. The third-order valence-electron chi connectivity index (χ3n) is 5.74. The molecule has 3 heterocycles. The van der Waals surface area contributed by atoms with Gasteiger partial charge in [-0.15, -0.1) is 5.10 Å². The molecular weight excluding hydrogens is 499 g/mol. The summed E-state index contributed by atoms with van der Waals surface area (Å²) in [4.78, 5) is 52.2. The molecule has 0 aromatic carbocycles. The van der Waals surface area contributed by atoms with Crippen LogP contribution < -0.4 is 16.2 Å². The van der Waals surface area contributed by atoms with E-state index in [1.54, 1.807) is 11.0 Å². The van der Waals surface area contributed by atoms with Gasteiger partial charge >= 0.3 is 6.09 Å². The van der Waals surface area contributed by atoms with E-state index in [1.807, 2.05) is 25.7 Å². The van der Waals surface area contributed by atoms with Crippen LogP contribution in [0.4, 0.5) is 14.9 Å². The lowest BCUT2D eigenvalue weighted by Crippen LogP contribution is -2.51. The molecule has 1 aliphatic rings. The van der Waals surface area contributed by atoms with E-state index in [0.29, 0.717) is 31.9 Å². The lowest BCUT2D eigenvalue weighted by atomic mass is 10.2. The topological polar surface area (TPSA) is 144 Å². The van der Waals surface area contributed by atoms with Crippen LogP contribution in [-0.4, -0.2) is 98.8 Å². The highest BCUT2D eigenvalue weighted by atomic mass is 19.1. The van der Waals surface area contributed by atoms with Crippen molar-refractivity contribution in [1.82, 2.24) is 34.7 Å². The van der Waals surface area contributed by atoms with Gasteiger partial charge in [0.05, 0.1) is 19.3 Å². The number of alkyl halides is 1. The molecule has 1 saturated heterocycles. The van der Waals surface area contributed by atoms with E-state index >= 15 is 0 Å². The Balaban J connectivity index is 1.42. The van der Waals surface area contributed by atoms with Crippen LogP contribution in [0.25, 0.3) is 0 Å². The Morgan fingerprint density at radius 2 is 1.89 bits per heavy atom. The van der Waals surface area contributed by atoms with E-state index in [4.69, 9.17) is 4.74 Å². The molecule has 1 unspecified atom stereocenters. The number of nitrogens with zero attached hydrogens (tertiary/aromatic N) is 6. The maximum atomic E-state index is 14.4. The van der Waals surface area contributed by atoms with Gasteiger partial charge in [-0.2, -0.15) is 0 Å². The van der Waals surface area contributed by atoms with Crippen molar-refractivity contribution in [2.24, 2.45) is 0 Å². The van der Waals surface area contributed by atoms with Crippen LogP contribution in [0.3, 0.4) is 0 Å². The highest BCUT2D eigenvalue weighted by molar-refractivity contribution is 5.92. The number of nitrogens with one attached hydrogen (secondary N) is 2. The van der Waals surface area contributed by atoms with Gasteiger partial charge in [0.1, 0.15) is 11.8 Å². The van der Waals surface area contributed by atoms with Crippen LogP contribution in [0.2, 0.25) is 0 Å². The number of carbonyl (C=O) groups excluding carboxylic acids is 3. The van der Waals surface area contributed by atoms with Crippen LogP contribution in [0.1, 0.15) is 37.7 Å². The second-order valence-corrected chi connectivity index (χ2v) is 10.0. The summed E-state index contributed by atoms with van der Waals surface area (Å²) in [6.07, 6.45) is 1.24. The number of pyridine rings is 1. The summed E-state index contributed by atoms with van der Waals surface area (Å²) in [7, 11) is 1.46. The van der Waals surface area contributed by atoms with Crippen molar-refractivity contribution in [1.29, 1.82) is 0 Å². The lowest BCUT2D eigenvalue weighted by molar-refractivity contribution is -0.117. The minimum absolute atomic E-state index is 0.0516. The molecule has 208 valence electrons. The van der Waals surface area contributed by atoms with Crippen molar-refractivity contribution in [3.63, 3.8) is 0 Å². The minimum Gasteiger partial charge on any atom is -0.444 e. The number of ether oxygens (including phenoxy) is 1. The van der Waals surface area contributed by atoms with Crippen molar-refractivity contribution >= 4 is 23.6 Å². The number of hydrogen-bond donors (Lipinski definition) is 2. The molecule has 38 heavy (non-hydrogen) atoms. The average Bonchev–Trinajstić information content (AvgIpc) is 3.30. The van der Waals surface area contributed by atoms with Gasteiger partial charge in [-0.25, -0.2) is 13.9 Å². The van der Waals surface area contributed by atoms with Crippen molar-refractivity contribution < 1.29 is 23.5 Å². The first-order valence-electron chi connectivity index (χ1n) is 12.4. The summed E-state index contributed by atoms with van der Waals surface area (Å²) in [5, 5.41) is 12.5. The Morgan fingerprint density at radius 1 is 1.18 bits per heavy atom. The number of rotatable bonds is 9. The Bertz CT molecular complexity index is 1180. The molecular formula is C24H35FN8O5. The molecule has 0 aliphatic carbocycles. The summed E-state index contributed by atoms with van der Waals surface area (Å²) in [6.45, 7) is 7.57. The third kappa shape index (κ3) is 8.64. The van der Waals surface area contributed by atoms with Gasteiger partial charge in [0.25, 0.3) is 11.5 Å². The maximum Gasteiger partial charge on any atom is 0.410 e. The molecule has 3 rings (SSSR count). The molecule has 0 radical (unpaired) electrons. The van der Waals surface area contributed by atoms with Crippen molar-refractivity contribution in [3.8, 4) is 0 Å². The monoisotopic (exact) mass is 534 g/mol. The van der Waals surface area contributed by atoms with E-state index < -0.39 is 17.7 Å². The number of hydrogen-bond acceptors (Lipinski definition) is 8. The molecule has 2 N–H and O–H groups in total. The highest BCUT2D eigenvalue weighted by Gasteiger charge is 2.26. The molecule has 2 aromatic rings. The summed E-state index contributed by atoms with van der Waals surface area (Å²) in [5.41, 5.74) is -0.488. The van der Waals surface area contributed by atoms with Crippen LogP contribution in [-0.2, 0) is 22.6 Å². The summed E-state index contributed by atoms with van der Waals surface area (Å²) < 4.78 is 22.4. The largest absolute Gasteiger partial charge is 0.444 e. The average molecular weight is 535 g/mol. The number of aromatic nitrogens is 4. The van der Waals surface area contributed by atoms with E-state index in [1.165, 1.54) is 34.8 Å². The van der Waals surface area contributed by atoms with Crippen LogP contribution in [0, 0.1) is 0 Å². The number of aryl methyl sites for hydroxylation is 1. The predicted molar refractivity (Wildman–Crippen MR) is 137 cm³/mol. The SMILES string of the molecule is CNC(=O)c1cn(CC(F)CCn2ccc(NC(=O)CN3CCN(C(=O)OC(C)(C)C)CC3)cc2=O)nn1. The number of piperazine rings is 1. The molecule has 0 spiro atoms. The second kappa shape index (κ2) is 12.6. The Kier molecular flexibility index (Phi) is 9.55. The zero-order chi connectivity index (χ0) is 27.9. The van der Waals surface area contributed by atoms with Gasteiger partial charge in [-0.1, -0.05) is 5.21 Å².